The maximum atomic E-state index is 12.0. The van der Waals surface area contributed by atoms with Gasteiger partial charge in [0, 0.05) is 18.3 Å². The number of hydrogen-bond acceptors (Lipinski definition) is 3. The summed E-state index contributed by atoms with van der Waals surface area (Å²) in [4.78, 5) is 17.1. The van der Waals surface area contributed by atoms with Crippen LogP contribution in [-0.4, -0.2) is 29.6 Å². The van der Waals surface area contributed by atoms with E-state index >= 15 is 0 Å². The molecule has 31 heavy (non-hydrogen) atoms. The first-order valence-electron chi connectivity index (χ1n) is 12.0. The highest BCUT2D eigenvalue weighted by Crippen LogP contribution is 2.29. The molecule has 1 N–H and O–H groups in total. The van der Waals surface area contributed by atoms with Crippen LogP contribution in [0.2, 0.25) is 5.02 Å². The Kier molecular flexibility index (Phi) is 8.09. The molecule has 0 unspecified atom stereocenters. The van der Waals surface area contributed by atoms with Gasteiger partial charge in [-0.2, -0.15) is 0 Å². The molecule has 0 bridgehead atoms. The number of hydrogen-bond donors (Lipinski definition) is 1. The van der Waals surface area contributed by atoms with Gasteiger partial charge < -0.3 is 9.72 Å². The van der Waals surface area contributed by atoms with Crippen molar-refractivity contribution in [1.29, 1.82) is 0 Å². The van der Waals surface area contributed by atoms with Crippen molar-refractivity contribution in [3.8, 4) is 5.75 Å². The number of H-pyrrole nitrogens is 1. The predicted molar refractivity (Wildman–Crippen MR) is 127 cm³/mol. The Morgan fingerprint density at radius 2 is 1.77 bits per heavy atom. The minimum absolute atomic E-state index is 0.0312. The van der Waals surface area contributed by atoms with Crippen LogP contribution in [0.4, 0.5) is 0 Å². The average Bonchev–Trinajstić information content (AvgIpc) is 2.81. The van der Waals surface area contributed by atoms with Gasteiger partial charge >= 0.3 is 0 Å². The zero-order valence-electron chi connectivity index (χ0n) is 18.5. The van der Waals surface area contributed by atoms with Crippen molar-refractivity contribution in [2.75, 3.05) is 19.7 Å². The molecule has 0 radical (unpaired) electrons. The Bertz CT molecular complexity index is 883. The highest BCUT2D eigenvalue weighted by molar-refractivity contribution is 6.30. The second-order valence-electron chi connectivity index (χ2n) is 9.35. The third-order valence-electron chi connectivity index (χ3n) is 7.04. The van der Waals surface area contributed by atoms with Gasteiger partial charge in [0.2, 0.25) is 0 Å². The molecule has 0 amide bonds. The summed E-state index contributed by atoms with van der Waals surface area (Å²) >= 11 is 6.04. The molecule has 168 valence electrons. The van der Waals surface area contributed by atoms with Crippen molar-refractivity contribution in [3.05, 3.63) is 63.0 Å². The lowest BCUT2D eigenvalue weighted by Gasteiger charge is -2.32. The maximum absolute atomic E-state index is 12.0. The number of pyridine rings is 1. The lowest BCUT2D eigenvalue weighted by atomic mass is 9.89. The molecule has 1 saturated heterocycles. The van der Waals surface area contributed by atoms with Crippen LogP contribution in [-0.2, 0) is 13.0 Å². The van der Waals surface area contributed by atoms with E-state index in [0.29, 0.717) is 11.6 Å². The van der Waals surface area contributed by atoms with E-state index in [4.69, 9.17) is 16.3 Å². The van der Waals surface area contributed by atoms with E-state index in [-0.39, 0.29) is 5.56 Å². The van der Waals surface area contributed by atoms with E-state index in [1.165, 1.54) is 56.9 Å². The van der Waals surface area contributed by atoms with Gasteiger partial charge in [-0.05, 0) is 81.1 Å². The summed E-state index contributed by atoms with van der Waals surface area (Å²) in [7, 11) is 0. The number of likely N-dealkylation sites (tertiary alicyclic amines) is 1. The molecule has 5 heteroatoms. The lowest BCUT2D eigenvalue weighted by Crippen LogP contribution is -2.35. The summed E-state index contributed by atoms with van der Waals surface area (Å²) in [5, 5.41) is 0.592. The van der Waals surface area contributed by atoms with Crippen LogP contribution in [0.3, 0.4) is 0 Å². The number of aryl methyl sites for hydroxylation is 1. The fourth-order valence-corrected chi connectivity index (χ4v) is 5.25. The maximum Gasteiger partial charge on any atom is 0.252 e. The average molecular weight is 443 g/mol. The zero-order chi connectivity index (χ0) is 21.5. The normalized spacial score (nSPS) is 18.9. The molecule has 0 spiro atoms. The van der Waals surface area contributed by atoms with Crippen LogP contribution in [0.25, 0.3) is 0 Å². The number of aromatic amines is 1. The first-order chi connectivity index (χ1) is 15.2. The van der Waals surface area contributed by atoms with Crippen molar-refractivity contribution in [1.82, 2.24) is 9.88 Å². The van der Waals surface area contributed by atoms with Gasteiger partial charge in [0.15, 0.2) is 0 Å². The SMILES string of the molecule is O=c1[nH]cc(Cl)cc1CN1CCC(CCc2ccccc2OCC2CCCCC2)CC1. The molecular formula is C26H35ClN2O2. The summed E-state index contributed by atoms with van der Waals surface area (Å²) in [5.41, 5.74) is 2.08. The van der Waals surface area contributed by atoms with Crippen molar-refractivity contribution >= 4 is 11.6 Å². The minimum Gasteiger partial charge on any atom is -0.493 e. The molecular weight excluding hydrogens is 408 g/mol. The highest BCUT2D eigenvalue weighted by atomic mass is 35.5. The first kappa shape index (κ1) is 22.4. The Morgan fingerprint density at radius 1 is 1.00 bits per heavy atom. The number of para-hydroxylation sites is 1. The Morgan fingerprint density at radius 3 is 2.58 bits per heavy atom. The molecule has 1 aromatic carbocycles. The van der Waals surface area contributed by atoms with Crippen LogP contribution in [0.15, 0.2) is 41.3 Å². The molecule has 2 aliphatic rings. The minimum atomic E-state index is -0.0312. The molecule has 4 rings (SSSR count). The number of benzene rings is 1. The van der Waals surface area contributed by atoms with Crippen molar-refractivity contribution < 1.29 is 4.74 Å². The largest absolute Gasteiger partial charge is 0.493 e. The van der Waals surface area contributed by atoms with Crippen molar-refractivity contribution in [3.63, 3.8) is 0 Å². The molecule has 2 aromatic rings. The molecule has 1 aliphatic carbocycles. The number of nitrogens with zero attached hydrogens (tertiary/aromatic N) is 1. The summed E-state index contributed by atoms with van der Waals surface area (Å²) in [6.45, 7) is 3.63. The van der Waals surface area contributed by atoms with Gasteiger partial charge in [0.1, 0.15) is 5.75 Å². The molecule has 1 aliphatic heterocycles. The summed E-state index contributed by atoms with van der Waals surface area (Å²) < 4.78 is 6.27. The van der Waals surface area contributed by atoms with E-state index < -0.39 is 0 Å². The van der Waals surface area contributed by atoms with Crippen LogP contribution in [0.5, 0.6) is 5.75 Å². The standard InChI is InChI=1S/C26H35ClN2O2/c27-24-16-23(26(30)28-17-24)18-29-14-12-20(13-15-29)10-11-22-8-4-5-9-25(22)31-19-21-6-2-1-3-7-21/h4-5,8-9,16-17,20-21H,1-3,6-7,10-15,18-19H2,(H,28,30). The topological polar surface area (TPSA) is 45.3 Å². The highest BCUT2D eigenvalue weighted by Gasteiger charge is 2.21. The van der Waals surface area contributed by atoms with Crippen molar-refractivity contribution in [2.45, 2.75) is 64.3 Å². The van der Waals surface area contributed by atoms with Gasteiger partial charge in [-0.15, -0.1) is 0 Å². The fourth-order valence-electron chi connectivity index (χ4n) is 5.06. The third-order valence-corrected chi connectivity index (χ3v) is 7.26. The number of halogens is 1. The zero-order valence-corrected chi connectivity index (χ0v) is 19.2. The van der Waals surface area contributed by atoms with Crippen molar-refractivity contribution in [2.24, 2.45) is 11.8 Å². The van der Waals surface area contributed by atoms with E-state index in [2.05, 4.69) is 34.1 Å². The predicted octanol–water partition coefficient (Wildman–Crippen LogP) is 5.83. The van der Waals surface area contributed by atoms with Gasteiger partial charge in [-0.1, -0.05) is 49.1 Å². The summed E-state index contributed by atoms with van der Waals surface area (Å²) in [6, 6.07) is 10.4. The Balaban J connectivity index is 1.23. The summed E-state index contributed by atoms with van der Waals surface area (Å²) in [6.07, 6.45) is 13.0. The van der Waals surface area contributed by atoms with Crippen LogP contribution in [0.1, 0.15) is 62.5 Å². The molecule has 4 nitrogen and oxygen atoms in total. The molecule has 1 saturated carbocycles. The second-order valence-corrected chi connectivity index (χ2v) is 9.79. The third kappa shape index (κ3) is 6.60. The Labute approximate surface area is 191 Å². The lowest BCUT2D eigenvalue weighted by molar-refractivity contribution is 0.171. The first-order valence-corrected chi connectivity index (χ1v) is 12.4. The number of aromatic nitrogens is 1. The molecule has 1 aromatic heterocycles. The molecule has 0 atom stereocenters. The number of piperidine rings is 1. The fraction of sp³-hybridized carbons (Fsp3) is 0.577. The van der Waals surface area contributed by atoms with Gasteiger partial charge in [0.25, 0.3) is 5.56 Å². The van der Waals surface area contributed by atoms with Crippen LogP contribution >= 0.6 is 11.6 Å². The monoisotopic (exact) mass is 442 g/mol. The smallest absolute Gasteiger partial charge is 0.252 e. The van der Waals surface area contributed by atoms with Gasteiger partial charge in [0.05, 0.1) is 11.6 Å². The van der Waals surface area contributed by atoms with E-state index in [9.17, 15) is 4.79 Å². The molecule has 2 fully saturated rings. The number of nitrogens with one attached hydrogen (secondary N) is 1. The van der Waals surface area contributed by atoms with E-state index in [1.54, 1.807) is 12.3 Å². The molecule has 2 heterocycles. The van der Waals surface area contributed by atoms with Gasteiger partial charge in [-0.25, -0.2) is 0 Å². The van der Waals surface area contributed by atoms with E-state index in [0.717, 1.165) is 49.3 Å². The summed E-state index contributed by atoms with van der Waals surface area (Å²) in [5.74, 6) is 2.56. The van der Waals surface area contributed by atoms with E-state index in [1.807, 2.05) is 0 Å². The Hall–Kier alpha value is -1.78. The quantitative estimate of drug-likeness (QED) is 0.559. The second kappa shape index (κ2) is 11.2. The van der Waals surface area contributed by atoms with Crippen LogP contribution < -0.4 is 10.3 Å². The number of rotatable bonds is 8. The number of ether oxygens (including phenoxy) is 1. The van der Waals surface area contributed by atoms with Crippen LogP contribution in [0, 0.1) is 11.8 Å². The van der Waals surface area contributed by atoms with Gasteiger partial charge in [-0.3, -0.25) is 9.69 Å².